The molecule has 0 bridgehead atoms. The second-order valence-corrected chi connectivity index (χ2v) is 6.89. The highest BCUT2D eigenvalue weighted by Crippen LogP contribution is 2.24. The SMILES string of the molecule is Cc1cccc(-n2nc(C(=O)Nc3ccccc3F)nc2-c2ccc(Cl)cc2)c1. The van der Waals surface area contributed by atoms with E-state index in [1.54, 1.807) is 41.1 Å². The summed E-state index contributed by atoms with van der Waals surface area (Å²) in [5.74, 6) is -0.723. The quantitative estimate of drug-likeness (QED) is 0.501. The molecule has 4 aromatic rings. The molecule has 0 radical (unpaired) electrons. The Morgan fingerprint density at radius 2 is 1.79 bits per heavy atom. The lowest BCUT2D eigenvalue weighted by molar-refractivity contribution is 0.101. The molecule has 0 spiro atoms. The second kappa shape index (κ2) is 7.85. The van der Waals surface area contributed by atoms with Crippen molar-refractivity contribution in [2.75, 3.05) is 5.32 Å². The molecular weight excluding hydrogens is 391 g/mol. The molecule has 4 rings (SSSR count). The molecule has 0 atom stereocenters. The number of aryl methyl sites for hydroxylation is 1. The third kappa shape index (κ3) is 4.02. The third-order valence-electron chi connectivity index (χ3n) is 4.28. The Labute approximate surface area is 171 Å². The van der Waals surface area contributed by atoms with Crippen molar-refractivity contribution in [1.82, 2.24) is 14.8 Å². The molecule has 0 aliphatic heterocycles. The molecule has 1 aromatic heterocycles. The van der Waals surface area contributed by atoms with E-state index in [1.807, 2.05) is 31.2 Å². The maximum Gasteiger partial charge on any atom is 0.295 e. The van der Waals surface area contributed by atoms with E-state index >= 15 is 0 Å². The molecule has 0 fully saturated rings. The summed E-state index contributed by atoms with van der Waals surface area (Å²) in [6, 6.07) is 20.7. The molecule has 0 unspecified atom stereocenters. The summed E-state index contributed by atoms with van der Waals surface area (Å²) >= 11 is 5.99. The highest BCUT2D eigenvalue weighted by Gasteiger charge is 2.20. The predicted octanol–water partition coefficient (Wildman–Crippen LogP) is 5.29. The molecule has 0 aliphatic rings. The summed E-state index contributed by atoms with van der Waals surface area (Å²) in [5.41, 5.74) is 2.61. The Balaban J connectivity index is 1.78. The highest BCUT2D eigenvalue weighted by atomic mass is 35.5. The van der Waals surface area contributed by atoms with E-state index in [0.717, 1.165) is 16.8 Å². The Hall–Kier alpha value is -3.51. The van der Waals surface area contributed by atoms with Gasteiger partial charge in [0, 0.05) is 10.6 Å². The van der Waals surface area contributed by atoms with E-state index in [2.05, 4.69) is 15.4 Å². The molecule has 1 heterocycles. The molecule has 29 heavy (non-hydrogen) atoms. The standard InChI is InChI=1S/C22H16ClFN4O/c1-14-5-4-6-17(13-14)28-21(15-9-11-16(23)12-10-15)26-20(27-28)22(29)25-19-8-3-2-7-18(19)24/h2-13H,1H3,(H,25,29). The fraction of sp³-hybridized carbons (Fsp3) is 0.0455. The minimum atomic E-state index is -0.600. The van der Waals surface area contributed by atoms with Crippen LogP contribution in [0.2, 0.25) is 5.02 Å². The van der Waals surface area contributed by atoms with Crippen LogP contribution in [-0.4, -0.2) is 20.7 Å². The third-order valence-corrected chi connectivity index (χ3v) is 4.53. The lowest BCUT2D eigenvalue weighted by atomic mass is 10.2. The van der Waals surface area contributed by atoms with Crippen LogP contribution in [0.1, 0.15) is 16.2 Å². The number of carbonyl (C=O) groups excluding carboxylic acids is 1. The van der Waals surface area contributed by atoms with Gasteiger partial charge in [-0.3, -0.25) is 4.79 Å². The number of halogens is 2. The maximum absolute atomic E-state index is 13.9. The van der Waals surface area contributed by atoms with Gasteiger partial charge in [0.2, 0.25) is 5.82 Å². The first-order chi connectivity index (χ1) is 14.0. The van der Waals surface area contributed by atoms with Gasteiger partial charge in [-0.2, -0.15) is 0 Å². The van der Waals surface area contributed by atoms with Crippen molar-refractivity contribution in [1.29, 1.82) is 0 Å². The zero-order valence-corrected chi connectivity index (χ0v) is 16.2. The smallest absolute Gasteiger partial charge is 0.295 e. The van der Waals surface area contributed by atoms with E-state index in [-0.39, 0.29) is 11.5 Å². The van der Waals surface area contributed by atoms with E-state index in [9.17, 15) is 9.18 Å². The summed E-state index contributed by atoms with van der Waals surface area (Å²) in [6.45, 7) is 1.97. The fourth-order valence-electron chi connectivity index (χ4n) is 2.87. The maximum atomic E-state index is 13.9. The molecule has 0 saturated carbocycles. The topological polar surface area (TPSA) is 59.8 Å². The Morgan fingerprint density at radius 3 is 2.52 bits per heavy atom. The monoisotopic (exact) mass is 406 g/mol. The van der Waals surface area contributed by atoms with Crippen molar-refractivity contribution >= 4 is 23.2 Å². The average Bonchev–Trinajstić information content (AvgIpc) is 3.16. The number of carbonyl (C=O) groups is 1. The molecular formula is C22H16ClFN4O. The van der Waals surface area contributed by atoms with Gasteiger partial charge >= 0.3 is 0 Å². The van der Waals surface area contributed by atoms with Crippen LogP contribution in [0, 0.1) is 12.7 Å². The van der Waals surface area contributed by atoms with Crippen LogP contribution in [0.4, 0.5) is 10.1 Å². The molecule has 0 saturated heterocycles. The summed E-state index contributed by atoms with van der Waals surface area (Å²) in [4.78, 5) is 17.1. The number of para-hydroxylation sites is 1. The number of anilines is 1. The van der Waals surface area contributed by atoms with Crippen LogP contribution in [0.5, 0.6) is 0 Å². The van der Waals surface area contributed by atoms with Crippen molar-refractivity contribution in [2.45, 2.75) is 6.92 Å². The van der Waals surface area contributed by atoms with Gasteiger partial charge in [0.25, 0.3) is 5.91 Å². The Bertz CT molecular complexity index is 1190. The van der Waals surface area contributed by atoms with Gasteiger partial charge in [-0.15, -0.1) is 5.10 Å². The first-order valence-corrected chi connectivity index (χ1v) is 9.25. The zero-order valence-electron chi connectivity index (χ0n) is 15.4. The molecule has 3 aromatic carbocycles. The minimum Gasteiger partial charge on any atom is -0.317 e. The molecule has 1 amide bonds. The molecule has 144 valence electrons. The largest absolute Gasteiger partial charge is 0.317 e. The number of nitrogens with one attached hydrogen (secondary N) is 1. The van der Waals surface area contributed by atoms with Crippen molar-refractivity contribution in [3.8, 4) is 17.1 Å². The average molecular weight is 407 g/mol. The Morgan fingerprint density at radius 1 is 1.03 bits per heavy atom. The highest BCUT2D eigenvalue weighted by molar-refractivity contribution is 6.30. The van der Waals surface area contributed by atoms with Crippen LogP contribution in [-0.2, 0) is 0 Å². The van der Waals surface area contributed by atoms with Crippen LogP contribution in [0.15, 0.2) is 72.8 Å². The number of amides is 1. The van der Waals surface area contributed by atoms with Gasteiger partial charge in [0.15, 0.2) is 5.82 Å². The van der Waals surface area contributed by atoms with Gasteiger partial charge in [-0.25, -0.2) is 14.1 Å². The molecule has 0 aliphatic carbocycles. The summed E-state index contributed by atoms with van der Waals surface area (Å²) < 4.78 is 15.5. The van der Waals surface area contributed by atoms with Crippen molar-refractivity contribution < 1.29 is 9.18 Å². The zero-order chi connectivity index (χ0) is 20.4. The first-order valence-electron chi connectivity index (χ1n) is 8.87. The van der Waals surface area contributed by atoms with Crippen LogP contribution >= 0.6 is 11.6 Å². The lowest BCUT2D eigenvalue weighted by Crippen LogP contribution is -2.15. The fourth-order valence-corrected chi connectivity index (χ4v) is 3.00. The summed E-state index contributed by atoms with van der Waals surface area (Å²) in [7, 11) is 0. The number of aromatic nitrogens is 3. The van der Waals surface area contributed by atoms with E-state index in [1.165, 1.54) is 12.1 Å². The first kappa shape index (κ1) is 18.8. The van der Waals surface area contributed by atoms with E-state index in [4.69, 9.17) is 11.6 Å². The number of rotatable bonds is 4. The number of hydrogen-bond acceptors (Lipinski definition) is 3. The van der Waals surface area contributed by atoms with Crippen molar-refractivity contribution in [3.05, 3.63) is 95.0 Å². The van der Waals surface area contributed by atoms with E-state index in [0.29, 0.717) is 10.8 Å². The summed E-state index contributed by atoms with van der Waals surface area (Å²) in [5, 5.41) is 7.49. The van der Waals surface area contributed by atoms with Gasteiger partial charge in [-0.05, 0) is 61.0 Å². The number of hydrogen-bond donors (Lipinski definition) is 1. The van der Waals surface area contributed by atoms with Gasteiger partial charge in [-0.1, -0.05) is 35.9 Å². The van der Waals surface area contributed by atoms with Gasteiger partial charge < -0.3 is 5.32 Å². The van der Waals surface area contributed by atoms with Gasteiger partial charge in [0.1, 0.15) is 5.82 Å². The molecule has 5 nitrogen and oxygen atoms in total. The van der Waals surface area contributed by atoms with E-state index < -0.39 is 11.7 Å². The van der Waals surface area contributed by atoms with Crippen molar-refractivity contribution in [3.63, 3.8) is 0 Å². The lowest BCUT2D eigenvalue weighted by Gasteiger charge is -2.07. The van der Waals surface area contributed by atoms with Crippen molar-refractivity contribution in [2.24, 2.45) is 0 Å². The molecule has 1 N–H and O–H groups in total. The van der Waals surface area contributed by atoms with Crippen LogP contribution < -0.4 is 5.32 Å². The van der Waals surface area contributed by atoms with Crippen LogP contribution in [0.25, 0.3) is 17.1 Å². The minimum absolute atomic E-state index is 0.0671. The normalized spacial score (nSPS) is 10.7. The number of benzene rings is 3. The predicted molar refractivity (Wildman–Crippen MR) is 111 cm³/mol. The second-order valence-electron chi connectivity index (χ2n) is 6.45. The number of nitrogens with zero attached hydrogens (tertiary/aromatic N) is 3. The van der Waals surface area contributed by atoms with Crippen LogP contribution in [0.3, 0.4) is 0 Å². The summed E-state index contributed by atoms with van der Waals surface area (Å²) in [6.07, 6.45) is 0. The Kier molecular flexibility index (Phi) is 5.10. The van der Waals surface area contributed by atoms with Gasteiger partial charge in [0.05, 0.1) is 11.4 Å². The molecule has 7 heteroatoms.